The van der Waals surface area contributed by atoms with E-state index in [0.29, 0.717) is 0 Å². The maximum atomic E-state index is 11.5. The first-order chi connectivity index (χ1) is 8.95. The number of carbonyl (C=O) groups is 3. The van der Waals surface area contributed by atoms with Crippen molar-refractivity contribution in [1.82, 2.24) is 30.6 Å². The van der Waals surface area contributed by atoms with Crippen molar-refractivity contribution in [2.45, 2.75) is 0 Å². The minimum Gasteiger partial charge on any atom is -0.468 e. The molecule has 0 aromatic carbocycles. The topological polar surface area (TPSA) is 127 Å². The molecule has 2 amide bonds. The number of hydrogen-bond acceptors (Lipinski definition) is 8. The summed E-state index contributed by atoms with van der Waals surface area (Å²) in [6.07, 6.45) is 0. The molecule has 1 aromatic heterocycles. The summed E-state index contributed by atoms with van der Waals surface area (Å²) in [5.74, 6) is -2.42. The zero-order valence-electron chi connectivity index (χ0n) is 10.6. The van der Waals surface area contributed by atoms with Gasteiger partial charge in [0.25, 0.3) is 23.5 Å². The summed E-state index contributed by atoms with van der Waals surface area (Å²) in [4.78, 5) is 35.0. The van der Waals surface area contributed by atoms with Gasteiger partial charge in [0.05, 0.1) is 7.11 Å². The van der Waals surface area contributed by atoms with Crippen LogP contribution in [0, 0.1) is 0 Å². The third-order valence-electron chi connectivity index (χ3n) is 1.90. The SMILES string of the molecule is COC(=O)CNC(=O)c1nnc(C(=O)N(C)C)nn1. The fraction of sp³-hybridized carbons (Fsp3) is 0.444. The Morgan fingerprint density at radius 2 is 1.63 bits per heavy atom. The molecule has 0 bridgehead atoms. The monoisotopic (exact) mass is 268 g/mol. The Balaban J connectivity index is 2.68. The lowest BCUT2D eigenvalue weighted by atomic mass is 10.5. The molecule has 1 heterocycles. The van der Waals surface area contributed by atoms with Gasteiger partial charge in [-0.1, -0.05) is 0 Å². The van der Waals surface area contributed by atoms with Gasteiger partial charge in [-0.05, 0) is 0 Å². The largest absolute Gasteiger partial charge is 0.468 e. The van der Waals surface area contributed by atoms with Crippen LogP contribution in [0.1, 0.15) is 21.2 Å². The minimum atomic E-state index is -0.741. The van der Waals surface area contributed by atoms with E-state index in [0.717, 1.165) is 0 Å². The van der Waals surface area contributed by atoms with E-state index in [-0.39, 0.29) is 18.2 Å². The molecule has 10 nitrogen and oxygen atoms in total. The molecule has 1 aromatic rings. The van der Waals surface area contributed by atoms with Gasteiger partial charge in [0.2, 0.25) is 0 Å². The van der Waals surface area contributed by atoms with Gasteiger partial charge in [0.15, 0.2) is 0 Å². The predicted molar refractivity (Wildman–Crippen MR) is 60.0 cm³/mol. The molecule has 0 unspecified atom stereocenters. The summed E-state index contributed by atoms with van der Waals surface area (Å²) < 4.78 is 4.34. The number of aromatic nitrogens is 4. The maximum absolute atomic E-state index is 11.5. The molecule has 0 fully saturated rings. The molecule has 102 valence electrons. The number of nitrogens with zero attached hydrogens (tertiary/aromatic N) is 5. The van der Waals surface area contributed by atoms with Crippen LogP contribution in [0.5, 0.6) is 0 Å². The average molecular weight is 268 g/mol. The van der Waals surface area contributed by atoms with Crippen LogP contribution >= 0.6 is 0 Å². The summed E-state index contributed by atoms with van der Waals surface area (Å²) in [6, 6.07) is 0. The lowest BCUT2D eigenvalue weighted by Gasteiger charge is -2.07. The van der Waals surface area contributed by atoms with Gasteiger partial charge in [0.1, 0.15) is 6.54 Å². The molecule has 0 saturated heterocycles. The Morgan fingerprint density at radius 1 is 1.11 bits per heavy atom. The standard InChI is InChI=1S/C9H12N6O4/c1-15(2)9(18)7-13-11-6(12-14-7)8(17)10-4-5(16)19-3/h4H2,1-3H3,(H,10,17). The minimum absolute atomic E-state index is 0.227. The van der Waals surface area contributed by atoms with Crippen molar-refractivity contribution in [3.05, 3.63) is 11.6 Å². The third kappa shape index (κ3) is 3.94. The molecule has 1 N–H and O–H groups in total. The van der Waals surface area contributed by atoms with Gasteiger partial charge < -0.3 is 15.0 Å². The zero-order chi connectivity index (χ0) is 14.4. The smallest absolute Gasteiger partial charge is 0.325 e. The van der Waals surface area contributed by atoms with Crippen LogP contribution in [-0.4, -0.2) is 70.8 Å². The highest BCUT2D eigenvalue weighted by atomic mass is 16.5. The summed E-state index contributed by atoms with van der Waals surface area (Å²) in [5, 5.41) is 16.1. The van der Waals surface area contributed by atoms with Crippen molar-refractivity contribution in [3.8, 4) is 0 Å². The summed E-state index contributed by atoms with van der Waals surface area (Å²) in [5.41, 5.74) is 0. The Morgan fingerprint density at radius 3 is 2.11 bits per heavy atom. The van der Waals surface area contributed by atoms with E-state index in [1.165, 1.54) is 26.1 Å². The van der Waals surface area contributed by atoms with Crippen molar-refractivity contribution in [2.24, 2.45) is 0 Å². The molecule has 0 aliphatic rings. The number of nitrogens with one attached hydrogen (secondary N) is 1. The predicted octanol–water partition coefficient (Wildman–Crippen LogP) is -2.13. The van der Waals surface area contributed by atoms with E-state index in [4.69, 9.17) is 0 Å². The average Bonchev–Trinajstić information content (AvgIpc) is 2.43. The van der Waals surface area contributed by atoms with E-state index in [9.17, 15) is 14.4 Å². The van der Waals surface area contributed by atoms with Crippen LogP contribution in [0.4, 0.5) is 0 Å². The first-order valence-corrected chi connectivity index (χ1v) is 5.09. The summed E-state index contributed by atoms with van der Waals surface area (Å²) in [6.45, 7) is -0.322. The van der Waals surface area contributed by atoms with E-state index in [1.807, 2.05) is 0 Å². The third-order valence-corrected chi connectivity index (χ3v) is 1.90. The van der Waals surface area contributed by atoms with Gasteiger partial charge in [-0.15, -0.1) is 20.4 Å². The second-order valence-electron chi connectivity index (χ2n) is 3.51. The van der Waals surface area contributed by atoms with E-state index < -0.39 is 17.8 Å². The second-order valence-corrected chi connectivity index (χ2v) is 3.51. The van der Waals surface area contributed by atoms with Gasteiger partial charge in [0, 0.05) is 14.1 Å². The Bertz CT molecular complexity index is 486. The van der Waals surface area contributed by atoms with Crippen LogP contribution in [0.3, 0.4) is 0 Å². The van der Waals surface area contributed by atoms with E-state index in [2.05, 4.69) is 30.4 Å². The number of rotatable bonds is 4. The van der Waals surface area contributed by atoms with Gasteiger partial charge in [-0.2, -0.15) is 0 Å². The van der Waals surface area contributed by atoms with Crippen molar-refractivity contribution < 1.29 is 19.1 Å². The van der Waals surface area contributed by atoms with Crippen LogP contribution in [0.2, 0.25) is 0 Å². The molecule has 0 spiro atoms. The van der Waals surface area contributed by atoms with Crippen LogP contribution in [-0.2, 0) is 9.53 Å². The van der Waals surface area contributed by atoms with Crippen molar-refractivity contribution in [1.29, 1.82) is 0 Å². The number of esters is 1. The van der Waals surface area contributed by atoms with Gasteiger partial charge in [-0.25, -0.2) is 0 Å². The summed E-state index contributed by atoms with van der Waals surface area (Å²) >= 11 is 0. The van der Waals surface area contributed by atoms with Gasteiger partial charge >= 0.3 is 5.97 Å². The summed E-state index contributed by atoms with van der Waals surface area (Å²) in [7, 11) is 4.22. The molecule has 10 heteroatoms. The first-order valence-electron chi connectivity index (χ1n) is 5.09. The molecule has 0 radical (unpaired) electrons. The van der Waals surface area contributed by atoms with Crippen LogP contribution in [0.25, 0.3) is 0 Å². The number of amides is 2. The Labute approximate surface area is 108 Å². The highest BCUT2D eigenvalue weighted by molar-refractivity contribution is 5.93. The Hall–Kier alpha value is -2.65. The number of methoxy groups -OCH3 is 1. The highest BCUT2D eigenvalue weighted by Crippen LogP contribution is 1.92. The number of carbonyl (C=O) groups excluding carboxylic acids is 3. The molecule has 19 heavy (non-hydrogen) atoms. The maximum Gasteiger partial charge on any atom is 0.325 e. The van der Waals surface area contributed by atoms with Crippen LogP contribution < -0.4 is 5.32 Å². The number of ether oxygens (including phenoxy) is 1. The van der Waals surface area contributed by atoms with Crippen molar-refractivity contribution in [2.75, 3.05) is 27.7 Å². The highest BCUT2D eigenvalue weighted by Gasteiger charge is 2.16. The van der Waals surface area contributed by atoms with Crippen molar-refractivity contribution >= 4 is 17.8 Å². The Kier molecular flexibility index (Phi) is 4.80. The van der Waals surface area contributed by atoms with E-state index in [1.54, 1.807) is 0 Å². The molecular weight excluding hydrogens is 256 g/mol. The lowest BCUT2D eigenvalue weighted by molar-refractivity contribution is -0.139. The molecular formula is C9H12N6O4. The number of hydrogen-bond donors (Lipinski definition) is 1. The zero-order valence-corrected chi connectivity index (χ0v) is 10.6. The lowest BCUT2D eigenvalue weighted by Crippen LogP contribution is -2.32. The van der Waals surface area contributed by atoms with E-state index >= 15 is 0 Å². The van der Waals surface area contributed by atoms with Crippen molar-refractivity contribution in [3.63, 3.8) is 0 Å². The first kappa shape index (κ1) is 14.4. The van der Waals surface area contributed by atoms with Gasteiger partial charge in [-0.3, -0.25) is 14.4 Å². The van der Waals surface area contributed by atoms with Crippen LogP contribution in [0.15, 0.2) is 0 Å². The molecule has 0 aliphatic carbocycles. The molecule has 1 rings (SSSR count). The molecule has 0 saturated carbocycles. The molecule has 0 atom stereocenters. The quantitative estimate of drug-likeness (QED) is 0.613. The fourth-order valence-corrected chi connectivity index (χ4v) is 0.909. The fourth-order valence-electron chi connectivity index (χ4n) is 0.909. The molecule has 0 aliphatic heterocycles. The second kappa shape index (κ2) is 6.33. The normalized spacial score (nSPS) is 9.63.